The molecule has 0 spiro atoms. The average Bonchev–Trinajstić information content (AvgIpc) is 2.83. The Balaban J connectivity index is 2.34. The average molecular weight is 200 g/mol. The van der Waals surface area contributed by atoms with Crippen molar-refractivity contribution in [2.24, 2.45) is 17.6 Å². The summed E-state index contributed by atoms with van der Waals surface area (Å²) in [6.45, 7) is 3.29. The fourth-order valence-electron chi connectivity index (χ4n) is 1.64. The van der Waals surface area contributed by atoms with E-state index in [1.165, 1.54) is 13.5 Å². The number of nitrogens with two attached hydrogens (primary N) is 1. The molecule has 2 N–H and O–H groups in total. The van der Waals surface area contributed by atoms with E-state index in [0.717, 1.165) is 12.5 Å². The molecule has 4 nitrogen and oxygen atoms in total. The van der Waals surface area contributed by atoms with Gasteiger partial charge in [0, 0.05) is 27.2 Å². The van der Waals surface area contributed by atoms with Crippen LogP contribution < -0.4 is 5.73 Å². The van der Waals surface area contributed by atoms with Gasteiger partial charge in [-0.15, -0.1) is 0 Å². The van der Waals surface area contributed by atoms with Crippen molar-refractivity contribution in [3.63, 3.8) is 0 Å². The molecule has 0 aliphatic heterocycles. The number of hydrogen-bond donors (Lipinski definition) is 1. The summed E-state index contributed by atoms with van der Waals surface area (Å²) in [5.41, 5.74) is 5.42. The number of rotatable bonds is 5. The highest BCUT2D eigenvalue weighted by atomic mass is 16.5. The lowest BCUT2D eigenvalue weighted by molar-refractivity contribution is -0.140. The summed E-state index contributed by atoms with van der Waals surface area (Å²) in [6.07, 6.45) is 0.756. The molecule has 0 bridgehead atoms. The smallest absolute Gasteiger partial charge is 0.252 e. The Morgan fingerprint density at radius 3 is 2.64 bits per heavy atom. The molecule has 0 aromatic carbocycles. The summed E-state index contributed by atoms with van der Waals surface area (Å²) in [7, 11) is 3.33. The van der Waals surface area contributed by atoms with Crippen molar-refractivity contribution in [2.45, 2.75) is 19.4 Å². The maximum atomic E-state index is 11.7. The quantitative estimate of drug-likeness (QED) is 0.683. The van der Waals surface area contributed by atoms with Gasteiger partial charge in [0.1, 0.15) is 6.10 Å². The molecule has 0 radical (unpaired) electrons. The van der Waals surface area contributed by atoms with Crippen LogP contribution in [0.5, 0.6) is 0 Å². The zero-order chi connectivity index (χ0) is 10.7. The molecule has 1 amide bonds. The van der Waals surface area contributed by atoms with Crippen LogP contribution in [0.15, 0.2) is 0 Å². The van der Waals surface area contributed by atoms with E-state index in [1.54, 1.807) is 4.90 Å². The molecule has 1 saturated carbocycles. The summed E-state index contributed by atoms with van der Waals surface area (Å²) in [5, 5.41) is 0. The lowest BCUT2D eigenvalue weighted by atomic mass is 10.2. The number of amides is 1. The van der Waals surface area contributed by atoms with E-state index in [-0.39, 0.29) is 12.5 Å². The first-order valence-electron chi connectivity index (χ1n) is 5.08. The van der Waals surface area contributed by atoms with Gasteiger partial charge in [-0.05, 0) is 18.3 Å². The van der Waals surface area contributed by atoms with Gasteiger partial charge >= 0.3 is 0 Å². The van der Waals surface area contributed by atoms with Crippen molar-refractivity contribution >= 4 is 5.91 Å². The van der Waals surface area contributed by atoms with Crippen LogP contribution in [-0.4, -0.2) is 44.2 Å². The highest BCUT2D eigenvalue weighted by molar-refractivity contribution is 5.80. The number of nitrogens with zero attached hydrogens (tertiary/aromatic N) is 1. The van der Waals surface area contributed by atoms with E-state index in [0.29, 0.717) is 5.92 Å². The Morgan fingerprint density at radius 2 is 2.29 bits per heavy atom. The van der Waals surface area contributed by atoms with Crippen molar-refractivity contribution in [1.82, 2.24) is 4.90 Å². The van der Waals surface area contributed by atoms with Crippen LogP contribution in [0.2, 0.25) is 0 Å². The van der Waals surface area contributed by atoms with Gasteiger partial charge in [0.15, 0.2) is 0 Å². The van der Waals surface area contributed by atoms with Crippen LogP contribution in [0, 0.1) is 11.8 Å². The fourth-order valence-corrected chi connectivity index (χ4v) is 1.64. The lowest BCUT2D eigenvalue weighted by Crippen LogP contribution is -2.42. The zero-order valence-electron chi connectivity index (χ0n) is 9.19. The van der Waals surface area contributed by atoms with E-state index in [1.807, 2.05) is 7.05 Å². The molecular formula is C10H20N2O2. The van der Waals surface area contributed by atoms with Gasteiger partial charge in [-0.1, -0.05) is 6.92 Å². The Kier molecular flexibility index (Phi) is 3.89. The monoisotopic (exact) mass is 200 g/mol. The highest BCUT2D eigenvalue weighted by Crippen LogP contribution is 2.37. The number of likely N-dealkylation sites (N-methyl/N-ethyl adjacent to an activating group) is 1. The van der Waals surface area contributed by atoms with Gasteiger partial charge in [-0.2, -0.15) is 0 Å². The molecule has 1 rings (SSSR count). The minimum atomic E-state index is -0.478. The molecule has 0 heterocycles. The second-order valence-electron chi connectivity index (χ2n) is 4.15. The van der Waals surface area contributed by atoms with E-state index >= 15 is 0 Å². The summed E-state index contributed by atoms with van der Waals surface area (Å²) in [4.78, 5) is 13.4. The third kappa shape index (κ3) is 2.69. The zero-order valence-corrected chi connectivity index (χ0v) is 9.19. The van der Waals surface area contributed by atoms with E-state index < -0.39 is 6.10 Å². The summed E-state index contributed by atoms with van der Waals surface area (Å²) < 4.78 is 4.99. The Bertz CT molecular complexity index is 204. The highest BCUT2D eigenvalue weighted by Gasteiger charge is 2.35. The predicted molar refractivity (Wildman–Crippen MR) is 54.8 cm³/mol. The Hall–Kier alpha value is -0.610. The summed E-state index contributed by atoms with van der Waals surface area (Å²) in [6, 6.07) is 0. The van der Waals surface area contributed by atoms with Crippen molar-refractivity contribution in [3.8, 4) is 0 Å². The van der Waals surface area contributed by atoms with E-state index in [9.17, 15) is 4.79 Å². The molecule has 1 aliphatic rings. The molecule has 1 aliphatic carbocycles. The summed E-state index contributed by atoms with van der Waals surface area (Å²) >= 11 is 0. The lowest BCUT2D eigenvalue weighted by Gasteiger charge is -2.21. The number of carbonyl (C=O) groups is 1. The standard InChI is InChI=1S/C10H20N2O2/c1-7-4-8(7)6-12(2)10(13)9(5-11)14-3/h7-9H,4-6,11H2,1-3H3. The minimum absolute atomic E-state index is 0.00546. The molecule has 0 saturated heterocycles. The second kappa shape index (κ2) is 4.75. The molecule has 82 valence electrons. The van der Waals surface area contributed by atoms with Crippen molar-refractivity contribution in [2.75, 3.05) is 27.2 Å². The van der Waals surface area contributed by atoms with Crippen molar-refractivity contribution < 1.29 is 9.53 Å². The van der Waals surface area contributed by atoms with Gasteiger partial charge in [-0.3, -0.25) is 4.79 Å². The third-order valence-corrected chi connectivity index (χ3v) is 2.93. The first kappa shape index (κ1) is 11.5. The molecule has 4 heteroatoms. The van der Waals surface area contributed by atoms with E-state index in [2.05, 4.69) is 6.92 Å². The first-order chi connectivity index (χ1) is 6.60. The van der Waals surface area contributed by atoms with Crippen LogP contribution in [0.4, 0.5) is 0 Å². The molecular weight excluding hydrogens is 180 g/mol. The molecule has 3 atom stereocenters. The number of methoxy groups -OCH3 is 1. The van der Waals surface area contributed by atoms with Crippen LogP contribution in [0.1, 0.15) is 13.3 Å². The van der Waals surface area contributed by atoms with Gasteiger partial charge in [0.2, 0.25) is 0 Å². The van der Waals surface area contributed by atoms with Gasteiger partial charge in [-0.25, -0.2) is 0 Å². The van der Waals surface area contributed by atoms with Gasteiger partial charge < -0.3 is 15.4 Å². The van der Waals surface area contributed by atoms with Crippen LogP contribution in [0.25, 0.3) is 0 Å². The Labute approximate surface area is 85.4 Å². The topological polar surface area (TPSA) is 55.6 Å². The molecule has 1 fully saturated rings. The van der Waals surface area contributed by atoms with Crippen LogP contribution in [0.3, 0.4) is 0 Å². The third-order valence-electron chi connectivity index (χ3n) is 2.93. The maximum Gasteiger partial charge on any atom is 0.252 e. The van der Waals surface area contributed by atoms with Crippen LogP contribution >= 0.6 is 0 Å². The number of hydrogen-bond acceptors (Lipinski definition) is 3. The van der Waals surface area contributed by atoms with E-state index in [4.69, 9.17) is 10.5 Å². The fraction of sp³-hybridized carbons (Fsp3) is 0.900. The predicted octanol–water partition coefficient (Wildman–Crippen LogP) is 0.0745. The van der Waals surface area contributed by atoms with Crippen LogP contribution in [-0.2, 0) is 9.53 Å². The second-order valence-corrected chi connectivity index (χ2v) is 4.15. The number of ether oxygens (including phenoxy) is 1. The normalized spacial score (nSPS) is 27.1. The van der Waals surface area contributed by atoms with Gasteiger partial charge in [0.25, 0.3) is 5.91 Å². The largest absolute Gasteiger partial charge is 0.370 e. The SMILES string of the molecule is COC(CN)C(=O)N(C)CC1CC1C. The van der Waals surface area contributed by atoms with Crippen molar-refractivity contribution in [3.05, 3.63) is 0 Å². The summed E-state index contributed by atoms with van der Waals surface area (Å²) in [5.74, 6) is 1.44. The molecule has 14 heavy (non-hydrogen) atoms. The maximum absolute atomic E-state index is 11.7. The first-order valence-corrected chi connectivity index (χ1v) is 5.08. The van der Waals surface area contributed by atoms with Crippen molar-refractivity contribution in [1.29, 1.82) is 0 Å². The van der Waals surface area contributed by atoms with Gasteiger partial charge in [0.05, 0.1) is 0 Å². The molecule has 0 aromatic rings. The minimum Gasteiger partial charge on any atom is -0.370 e. The molecule has 0 aromatic heterocycles. The molecule has 3 unspecified atom stereocenters. The Morgan fingerprint density at radius 1 is 1.71 bits per heavy atom. The number of carbonyl (C=O) groups excluding carboxylic acids is 1.